The average molecular weight is 422 g/mol. The summed E-state index contributed by atoms with van der Waals surface area (Å²) in [6, 6.07) is 19.0. The van der Waals surface area contributed by atoms with Gasteiger partial charge >= 0.3 is 0 Å². The molecule has 0 spiro atoms. The van der Waals surface area contributed by atoms with Gasteiger partial charge in [-0.25, -0.2) is 4.99 Å². The summed E-state index contributed by atoms with van der Waals surface area (Å²) < 4.78 is 0. The molecule has 2 heterocycles. The summed E-state index contributed by atoms with van der Waals surface area (Å²) in [6.45, 7) is 4.28. The van der Waals surface area contributed by atoms with Crippen LogP contribution in [0, 0.1) is 10.1 Å². The number of guanidine groups is 1. The molecule has 0 aromatic heterocycles. The quantitative estimate of drug-likeness (QED) is 0.307. The van der Waals surface area contributed by atoms with Crippen molar-refractivity contribution in [1.29, 1.82) is 0 Å². The first-order chi connectivity index (χ1) is 15.1. The van der Waals surface area contributed by atoms with Crippen LogP contribution in [-0.2, 0) is 13.1 Å². The average Bonchev–Trinajstić information content (AvgIpc) is 3.01. The number of piperidine rings is 1. The lowest BCUT2D eigenvalue weighted by atomic mass is 9.96. The molecule has 2 bridgehead atoms. The first kappa shape index (κ1) is 21.3. The number of nitro benzene ring substituents is 1. The predicted molar refractivity (Wildman–Crippen MR) is 123 cm³/mol. The molecule has 31 heavy (non-hydrogen) atoms. The summed E-state index contributed by atoms with van der Waals surface area (Å²) in [7, 11) is 0. The van der Waals surface area contributed by atoms with E-state index in [1.54, 1.807) is 12.1 Å². The van der Waals surface area contributed by atoms with E-state index in [1.807, 2.05) is 6.07 Å². The third-order valence-electron chi connectivity index (χ3n) is 6.32. The number of non-ortho nitro benzene ring substituents is 1. The van der Waals surface area contributed by atoms with Crippen LogP contribution in [0.25, 0.3) is 0 Å². The molecule has 2 saturated heterocycles. The molecule has 2 N–H and O–H groups in total. The van der Waals surface area contributed by atoms with E-state index in [2.05, 4.69) is 52.8 Å². The van der Waals surface area contributed by atoms with E-state index in [4.69, 9.17) is 4.99 Å². The van der Waals surface area contributed by atoms with Gasteiger partial charge in [0.1, 0.15) is 0 Å². The molecule has 2 aromatic carbocycles. The van der Waals surface area contributed by atoms with Crippen LogP contribution < -0.4 is 10.6 Å². The Hall–Kier alpha value is -2.93. The Bertz CT molecular complexity index is 903. The van der Waals surface area contributed by atoms with Crippen LogP contribution in [0.5, 0.6) is 0 Å². The monoisotopic (exact) mass is 421 g/mol. The third kappa shape index (κ3) is 5.41. The second kappa shape index (κ2) is 9.92. The van der Waals surface area contributed by atoms with Crippen LogP contribution >= 0.6 is 0 Å². The summed E-state index contributed by atoms with van der Waals surface area (Å²) >= 11 is 0. The van der Waals surface area contributed by atoms with Crippen molar-refractivity contribution in [3.63, 3.8) is 0 Å². The van der Waals surface area contributed by atoms with E-state index in [1.165, 1.54) is 24.5 Å². The van der Waals surface area contributed by atoms with Crippen LogP contribution in [0.1, 0.15) is 43.7 Å². The number of nitro groups is 1. The number of nitrogens with one attached hydrogen (secondary N) is 2. The van der Waals surface area contributed by atoms with Crippen LogP contribution in [0.15, 0.2) is 59.6 Å². The van der Waals surface area contributed by atoms with Gasteiger partial charge in [0.25, 0.3) is 5.69 Å². The van der Waals surface area contributed by atoms with Crippen molar-refractivity contribution < 1.29 is 4.92 Å². The zero-order valence-corrected chi connectivity index (χ0v) is 18.0. The summed E-state index contributed by atoms with van der Waals surface area (Å²) in [5, 5.41) is 18.0. The minimum atomic E-state index is -0.365. The van der Waals surface area contributed by atoms with Crippen LogP contribution in [0.3, 0.4) is 0 Å². The smallest absolute Gasteiger partial charge is 0.269 e. The van der Waals surface area contributed by atoms with Gasteiger partial charge in [0, 0.05) is 43.3 Å². The van der Waals surface area contributed by atoms with Gasteiger partial charge in [-0.2, -0.15) is 0 Å². The molecule has 2 unspecified atom stereocenters. The molecule has 2 aliphatic heterocycles. The lowest BCUT2D eigenvalue weighted by molar-refractivity contribution is -0.384. The fraction of sp³-hybridized carbons (Fsp3) is 0.458. The molecule has 2 aromatic rings. The molecule has 2 aliphatic rings. The van der Waals surface area contributed by atoms with Gasteiger partial charge < -0.3 is 10.6 Å². The number of nitrogens with zero attached hydrogens (tertiary/aromatic N) is 3. The van der Waals surface area contributed by atoms with E-state index in [0.717, 1.165) is 37.5 Å². The highest BCUT2D eigenvalue weighted by Gasteiger charge is 2.40. The number of hydrogen-bond acceptors (Lipinski definition) is 4. The predicted octanol–water partition coefficient (Wildman–Crippen LogP) is 3.85. The van der Waals surface area contributed by atoms with E-state index < -0.39 is 0 Å². The Morgan fingerprint density at radius 3 is 2.48 bits per heavy atom. The van der Waals surface area contributed by atoms with Crippen molar-refractivity contribution in [2.45, 2.75) is 63.8 Å². The maximum atomic E-state index is 11.0. The van der Waals surface area contributed by atoms with Gasteiger partial charge in [0.2, 0.25) is 0 Å². The maximum absolute atomic E-state index is 11.0. The summed E-state index contributed by atoms with van der Waals surface area (Å²) in [6.07, 6.45) is 4.75. The van der Waals surface area contributed by atoms with Crippen molar-refractivity contribution in [2.24, 2.45) is 4.99 Å². The van der Waals surface area contributed by atoms with Crippen molar-refractivity contribution in [3.05, 3.63) is 75.8 Å². The largest absolute Gasteiger partial charge is 0.357 e. The van der Waals surface area contributed by atoms with Gasteiger partial charge in [0.05, 0.1) is 11.5 Å². The molecule has 164 valence electrons. The zero-order chi connectivity index (χ0) is 21.6. The number of aliphatic imine (C=N–C) groups is 1. The molecule has 0 aliphatic carbocycles. The first-order valence-corrected chi connectivity index (χ1v) is 11.2. The Labute approximate surface area is 183 Å². The standard InChI is InChI=1S/C24H31N5O2/c1-2-25-24(26-16-19-9-6-10-23(13-19)29(30)31)27-20-14-21-11-12-22(15-20)28(21)17-18-7-4-3-5-8-18/h3-10,13,20-22H,2,11-12,14-17H2,1H3,(H2,25,26,27). The lowest BCUT2D eigenvalue weighted by Gasteiger charge is -2.39. The second-order valence-electron chi connectivity index (χ2n) is 8.48. The van der Waals surface area contributed by atoms with E-state index in [-0.39, 0.29) is 10.6 Å². The molecule has 2 fully saturated rings. The highest BCUT2D eigenvalue weighted by Crippen LogP contribution is 2.36. The number of fused-ring (bicyclic) bond motifs is 2. The summed E-state index contributed by atoms with van der Waals surface area (Å²) in [5.41, 5.74) is 2.33. The molecule has 4 rings (SSSR count). The van der Waals surface area contributed by atoms with E-state index in [0.29, 0.717) is 24.7 Å². The molecule has 7 heteroatoms. The Kier molecular flexibility index (Phi) is 6.82. The molecular weight excluding hydrogens is 390 g/mol. The van der Waals surface area contributed by atoms with Crippen molar-refractivity contribution in [3.8, 4) is 0 Å². The Balaban J connectivity index is 1.37. The minimum Gasteiger partial charge on any atom is -0.357 e. The lowest BCUT2D eigenvalue weighted by Crippen LogP contribution is -2.52. The zero-order valence-electron chi connectivity index (χ0n) is 18.0. The van der Waals surface area contributed by atoms with Gasteiger partial charge in [-0.15, -0.1) is 0 Å². The summed E-state index contributed by atoms with van der Waals surface area (Å²) in [5.74, 6) is 0.787. The SMILES string of the molecule is CCNC(=NCc1cccc([N+](=O)[O-])c1)NC1CC2CCC(C1)N2Cc1ccccc1. The van der Waals surface area contributed by atoms with Gasteiger partial charge in [-0.05, 0) is 43.7 Å². The van der Waals surface area contributed by atoms with Crippen LogP contribution in [0.2, 0.25) is 0 Å². The minimum absolute atomic E-state index is 0.105. The fourth-order valence-corrected chi connectivity index (χ4v) is 4.90. The first-order valence-electron chi connectivity index (χ1n) is 11.2. The van der Waals surface area contributed by atoms with E-state index >= 15 is 0 Å². The van der Waals surface area contributed by atoms with Crippen molar-refractivity contribution >= 4 is 11.6 Å². The maximum Gasteiger partial charge on any atom is 0.269 e. The Morgan fingerprint density at radius 1 is 1.10 bits per heavy atom. The normalized spacial score (nSPS) is 23.5. The molecule has 0 radical (unpaired) electrons. The molecule has 0 amide bonds. The number of benzene rings is 2. The van der Waals surface area contributed by atoms with Crippen molar-refractivity contribution in [1.82, 2.24) is 15.5 Å². The molecule has 0 saturated carbocycles. The van der Waals surface area contributed by atoms with E-state index in [9.17, 15) is 10.1 Å². The number of hydrogen-bond donors (Lipinski definition) is 2. The van der Waals surface area contributed by atoms with Gasteiger partial charge in [-0.3, -0.25) is 15.0 Å². The third-order valence-corrected chi connectivity index (χ3v) is 6.32. The fourth-order valence-electron chi connectivity index (χ4n) is 4.90. The highest BCUT2D eigenvalue weighted by atomic mass is 16.6. The Morgan fingerprint density at radius 2 is 1.81 bits per heavy atom. The van der Waals surface area contributed by atoms with Crippen LogP contribution in [-0.4, -0.2) is 40.5 Å². The molecule has 7 nitrogen and oxygen atoms in total. The molecular formula is C24H31N5O2. The second-order valence-corrected chi connectivity index (χ2v) is 8.48. The van der Waals surface area contributed by atoms with Gasteiger partial charge in [0.15, 0.2) is 5.96 Å². The molecule has 2 atom stereocenters. The van der Waals surface area contributed by atoms with Crippen LogP contribution in [0.4, 0.5) is 5.69 Å². The topological polar surface area (TPSA) is 82.8 Å². The van der Waals surface area contributed by atoms with Crippen molar-refractivity contribution in [2.75, 3.05) is 6.54 Å². The number of rotatable bonds is 7. The highest BCUT2D eigenvalue weighted by molar-refractivity contribution is 5.80. The summed E-state index contributed by atoms with van der Waals surface area (Å²) in [4.78, 5) is 18.0. The van der Waals surface area contributed by atoms with Gasteiger partial charge in [-0.1, -0.05) is 42.5 Å².